The van der Waals surface area contributed by atoms with Gasteiger partial charge in [0.15, 0.2) is 0 Å². The molecule has 0 radical (unpaired) electrons. The Morgan fingerprint density at radius 1 is 1.03 bits per heavy atom. The van der Waals surface area contributed by atoms with E-state index in [0.29, 0.717) is 39.1 Å². The number of nitrogens with zero attached hydrogens (tertiary/aromatic N) is 2. The topological polar surface area (TPSA) is 96.4 Å². The third-order valence-corrected chi connectivity index (χ3v) is 7.67. The number of esters is 1. The summed E-state index contributed by atoms with van der Waals surface area (Å²) in [5.74, 6) is -2.48. The molecule has 4 aliphatic rings. The molecule has 0 aliphatic carbocycles. The summed E-state index contributed by atoms with van der Waals surface area (Å²) in [5.41, 5.74) is -2.28. The van der Waals surface area contributed by atoms with Crippen molar-refractivity contribution in [1.29, 1.82) is 0 Å². The summed E-state index contributed by atoms with van der Waals surface area (Å²) in [6, 6.07) is -0.838. The Balaban J connectivity index is 1.79. The standard InChI is InChI=1S/C26H38N2O6/c1-3-4-14-27-15-11-13-26-19(22(30)28(16-8-9-17-29)21(26)23(27)31)20-24(32)33-18-10-6-5-7-12-25(20,2)34-26/h7,11-13,19-21,29H,3-6,8-10,14-18H2,1-2H3/b12-7-/t19-,20-,21?,25+,26-/m0/s1. The molecule has 34 heavy (non-hydrogen) atoms. The summed E-state index contributed by atoms with van der Waals surface area (Å²) in [6.07, 6.45) is 13.2. The van der Waals surface area contributed by atoms with Crippen molar-refractivity contribution in [3.05, 3.63) is 24.3 Å². The van der Waals surface area contributed by atoms with Crippen molar-refractivity contribution in [3.63, 3.8) is 0 Å². The molecule has 8 nitrogen and oxygen atoms in total. The van der Waals surface area contributed by atoms with E-state index in [1.165, 1.54) is 0 Å². The van der Waals surface area contributed by atoms with Gasteiger partial charge in [0.25, 0.3) is 0 Å². The fourth-order valence-corrected chi connectivity index (χ4v) is 6.03. The molecule has 2 fully saturated rings. The fourth-order valence-electron chi connectivity index (χ4n) is 6.03. The normalized spacial score (nSPS) is 36.6. The van der Waals surface area contributed by atoms with Gasteiger partial charge in [-0.05, 0) is 45.4 Å². The number of cyclic esters (lactones) is 1. The van der Waals surface area contributed by atoms with E-state index in [1.807, 2.05) is 31.2 Å². The van der Waals surface area contributed by atoms with Crippen LogP contribution in [-0.2, 0) is 23.9 Å². The van der Waals surface area contributed by atoms with E-state index in [4.69, 9.17) is 9.47 Å². The molecule has 5 atom stereocenters. The van der Waals surface area contributed by atoms with Gasteiger partial charge in [-0.3, -0.25) is 14.4 Å². The van der Waals surface area contributed by atoms with Crippen molar-refractivity contribution in [2.75, 3.05) is 32.8 Å². The molecule has 1 spiro atoms. The predicted octanol–water partition coefficient (Wildman–Crippen LogP) is 2.21. The third kappa shape index (κ3) is 4.19. The summed E-state index contributed by atoms with van der Waals surface area (Å²) in [4.78, 5) is 44.6. The molecule has 0 aromatic carbocycles. The van der Waals surface area contributed by atoms with E-state index in [0.717, 1.165) is 32.1 Å². The molecular formula is C26H38N2O6. The first-order valence-corrected chi connectivity index (χ1v) is 12.8. The molecular weight excluding hydrogens is 436 g/mol. The first-order chi connectivity index (χ1) is 16.4. The maximum atomic E-state index is 14.0. The van der Waals surface area contributed by atoms with Crippen LogP contribution in [0.5, 0.6) is 0 Å². The highest BCUT2D eigenvalue weighted by molar-refractivity contribution is 5.99. The van der Waals surface area contributed by atoms with Gasteiger partial charge in [-0.15, -0.1) is 0 Å². The van der Waals surface area contributed by atoms with Crippen LogP contribution in [0.4, 0.5) is 0 Å². The quantitative estimate of drug-likeness (QED) is 0.345. The molecule has 8 heteroatoms. The predicted molar refractivity (Wildman–Crippen MR) is 126 cm³/mol. The van der Waals surface area contributed by atoms with Gasteiger partial charge in [-0.25, -0.2) is 0 Å². The highest BCUT2D eigenvalue weighted by atomic mass is 16.6. The number of hydrogen-bond acceptors (Lipinski definition) is 6. The van der Waals surface area contributed by atoms with Crippen LogP contribution in [0.1, 0.15) is 58.8 Å². The Labute approximate surface area is 201 Å². The van der Waals surface area contributed by atoms with Crippen molar-refractivity contribution in [2.24, 2.45) is 11.8 Å². The second-order valence-electron chi connectivity index (χ2n) is 10.1. The van der Waals surface area contributed by atoms with Gasteiger partial charge in [0.1, 0.15) is 17.6 Å². The van der Waals surface area contributed by atoms with Gasteiger partial charge in [0.2, 0.25) is 11.8 Å². The van der Waals surface area contributed by atoms with Gasteiger partial charge in [0, 0.05) is 26.2 Å². The molecule has 2 amide bonds. The summed E-state index contributed by atoms with van der Waals surface area (Å²) in [7, 11) is 0. The van der Waals surface area contributed by atoms with Crippen LogP contribution >= 0.6 is 0 Å². The molecule has 0 aromatic rings. The highest BCUT2D eigenvalue weighted by Crippen LogP contribution is 2.57. The first kappa shape index (κ1) is 24.9. The van der Waals surface area contributed by atoms with E-state index >= 15 is 0 Å². The molecule has 4 heterocycles. The number of ether oxygens (including phenoxy) is 2. The van der Waals surface area contributed by atoms with Gasteiger partial charge in [0.05, 0.1) is 18.1 Å². The van der Waals surface area contributed by atoms with E-state index in [9.17, 15) is 19.5 Å². The van der Waals surface area contributed by atoms with Gasteiger partial charge in [-0.2, -0.15) is 0 Å². The van der Waals surface area contributed by atoms with Crippen LogP contribution < -0.4 is 0 Å². The number of fused-ring (bicyclic) bond motifs is 2. The largest absolute Gasteiger partial charge is 0.465 e. The molecule has 0 saturated carbocycles. The zero-order chi connectivity index (χ0) is 24.3. The molecule has 1 unspecified atom stereocenters. The van der Waals surface area contributed by atoms with Crippen LogP contribution in [0.15, 0.2) is 24.3 Å². The molecule has 4 aliphatic heterocycles. The maximum absolute atomic E-state index is 14.0. The van der Waals surface area contributed by atoms with Crippen molar-refractivity contribution in [3.8, 4) is 0 Å². The van der Waals surface area contributed by atoms with Crippen LogP contribution in [0.25, 0.3) is 0 Å². The monoisotopic (exact) mass is 474 g/mol. The Kier molecular flexibility index (Phi) is 7.48. The van der Waals surface area contributed by atoms with Gasteiger partial charge < -0.3 is 24.4 Å². The minimum Gasteiger partial charge on any atom is -0.465 e. The smallest absolute Gasteiger partial charge is 0.313 e. The van der Waals surface area contributed by atoms with Crippen LogP contribution in [-0.4, -0.2) is 82.8 Å². The van der Waals surface area contributed by atoms with Crippen molar-refractivity contribution in [2.45, 2.75) is 76.0 Å². The number of amides is 2. The minimum absolute atomic E-state index is 0.0199. The number of carbonyl (C=O) groups excluding carboxylic acids is 3. The minimum atomic E-state index is -1.23. The van der Waals surface area contributed by atoms with Crippen LogP contribution in [0, 0.1) is 11.8 Å². The number of aliphatic hydroxyl groups is 1. The Morgan fingerprint density at radius 2 is 1.85 bits per heavy atom. The molecule has 0 aromatic heterocycles. The van der Waals surface area contributed by atoms with Gasteiger partial charge >= 0.3 is 5.97 Å². The molecule has 1 N–H and O–H groups in total. The molecule has 0 bridgehead atoms. The second kappa shape index (κ2) is 10.2. The third-order valence-electron chi connectivity index (χ3n) is 7.67. The Morgan fingerprint density at radius 3 is 2.62 bits per heavy atom. The lowest BCUT2D eigenvalue weighted by atomic mass is 9.74. The molecule has 188 valence electrons. The Bertz CT molecular complexity index is 856. The number of aliphatic hydroxyl groups excluding tert-OH is 1. The number of hydrogen-bond donors (Lipinski definition) is 1. The number of rotatable bonds is 7. The fraction of sp³-hybridized carbons (Fsp3) is 0.731. The van der Waals surface area contributed by atoms with E-state index in [1.54, 1.807) is 9.80 Å². The SMILES string of the molecule is CCCCN1CC=C[C@]23O[C@]4(C)/C=C\CCCCOC(=O)[C@@H]4[C@H]2C(=O)N(CCCCO)C3C1=O. The average molecular weight is 475 g/mol. The first-order valence-electron chi connectivity index (χ1n) is 12.8. The summed E-state index contributed by atoms with van der Waals surface area (Å²) in [6.45, 7) is 5.65. The average Bonchev–Trinajstić information content (AvgIpc) is 3.13. The van der Waals surface area contributed by atoms with E-state index in [-0.39, 0.29) is 18.4 Å². The Hall–Kier alpha value is -2.19. The van der Waals surface area contributed by atoms with Crippen LogP contribution in [0.2, 0.25) is 0 Å². The van der Waals surface area contributed by atoms with Crippen molar-refractivity contribution in [1.82, 2.24) is 9.80 Å². The highest BCUT2D eigenvalue weighted by Gasteiger charge is 2.74. The van der Waals surface area contributed by atoms with Gasteiger partial charge in [-0.1, -0.05) is 37.6 Å². The second-order valence-corrected chi connectivity index (χ2v) is 10.1. The lowest BCUT2D eigenvalue weighted by molar-refractivity contribution is -0.160. The lowest BCUT2D eigenvalue weighted by Gasteiger charge is -2.37. The zero-order valence-corrected chi connectivity index (χ0v) is 20.4. The summed E-state index contributed by atoms with van der Waals surface area (Å²) >= 11 is 0. The molecule has 2 saturated heterocycles. The van der Waals surface area contributed by atoms with E-state index in [2.05, 4.69) is 6.92 Å². The lowest BCUT2D eigenvalue weighted by Crippen LogP contribution is -2.56. The summed E-state index contributed by atoms with van der Waals surface area (Å²) in [5, 5.41) is 9.28. The number of carbonyl (C=O) groups is 3. The zero-order valence-electron chi connectivity index (χ0n) is 20.4. The number of allylic oxidation sites excluding steroid dienone is 1. The van der Waals surface area contributed by atoms with Crippen molar-refractivity contribution >= 4 is 17.8 Å². The maximum Gasteiger partial charge on any atom is 0.313 e. The summed E-state index contributed by atoms with van der Waals surface area (Å²) < 4.78 is 12.4. The van der Waals surface area contributed by atoms with Crippen LogP contribution in [0.3, 0.4) is 0 Å². The number of likely N-dealkylation sites (tertiary alicyclic amines) is 1. The van der Waals surface area contributed by atoms with E-state index < -0.39 is 35.0 Å². The molecule has 4 rings (SSSR count). The number of unbranched alkanes of at least 4 members (excludes halogenated alkanes) is 2. The van der Waals surface area contributed by atoms with Crippen molar-refractivity contribution < 1.29 is 29.0 Å².